The summed E-state index contributed by atoms with van der Waals surface area (Å²) in [5, 5.41) is 0. The predicted octanol–water partition coefficient (Wildman–Crippen LogP) is 7.71. The van der Waals surface area contributed by atoms with Crippen molar-refractivity contribution in [2.45, 2.75) is 90.5 Å². The van der Waals surface area contributed by atoms with Crippen LogP contribution >= 0.6 is 0 Å². The lowest BCUT2D eigenvalue weighted by molar-refractivity contribution is 0.0208. The van der Waals surface area contributed by atoms with Crippen molar-refractivity contribution in [3.63, 3.8) is 0 Å². The number of rotatable bonds is 4. The summed E-state index contributed by atoms with van der Waals surface area (Å²) in [6.07, 6.45) is 6.43. The number of aromatic amines is 2. The van der Waals surface area contributed by atoms with Crippen LogP contribution in [0.3, 0.4) is 0 Å². The van der Waals surface area contributed by atoms with Gasteiger partial charge in [0.05, 0.1) is 57.9 Å². The molecule has 2 fully saturated rings. The van der Waals surface area contributed by atoms with Crippen molar-refractivity contribution in [2.75, 3.05) is 13.1 Å². The third-order valence-electron chi connectivity index (χ3n) is 8.64. The van der Waals surface area contributed by atoms with Crippen molar-refractivity contribution in [3.05, 3.63) is 60.4 Å². The Balaban J connectivity index is 1.10. The first-order valence-electron chi connectivity index (χ1n) is 16.6. The molecule has 0 bridgehead atoms. The molecule has 48 heavy (non-hydrogen) atoms. The van der Waals surface area contributed by atoms with Gasteiger partial charge in [0.15, 0.2) is 0 Å². The number of aromatic nitrogens is 6. The molecule has 5 aromatic rings. The minimum Gasteiger partial charge on any atom is -0.444 e. The Morgan fingerprint density at radius 3 is 1.48 bits per heavy atom. The van der Waals surface area contributed by atoms with E-state index in [1.807, 2.05) is 77.9 Å². The average molecular weight is 651 g/mol. The van der Waals surface area contributed by atoms with Crippen LogP contribution in [0.5, 0.6) is 0 Å². The smallest absolute Gasteiger partial charge is 0.410 e. The number of ether oxygens (including phenoxy) is 2. The number of likely N-dealkylation sites (tertiary alicyclic amines) is 2. The van der Waals surface area contributed by atoms with E-state index in [0.29, 0.717) is 13.1 Å². The Bertz CT molecular complexity index is 1860. The second kappa shape index (κ2) is 11.9. The van der Waals surface area contributed by atoms with Gasteiger partial charge in [0.1, 0.15) is 22.9 Å². The lowest BCUT2D eigenvalue weighted by Crippen LogP contribution is -2.36. The first-order valence-corrected chi connectivity index (χ1v) is 16.6. The van der Waals surface area contributed by atoms with E-state index in [-0.39, 0.29) is 24.3 Å². The first-order chi connectivity index (χ1) is 22.8. The number of carbonyl (C=O) groups excluding carboxylic acids is 2. The molecule has 2 atom stereocenters. The van der Waals surface area contributed by atoms with E-state index < -0.39 is 11.2 Å². The molecular formula is C36H42N8O4. The van der Waals surface area contributed by atoms with Gasteiger partial charge in [0, 0.05) is 24.2 Å². The van der Waals surface area contributed by atoms with Gasteiger partial charge in [0.25, 0.3) is 0 Å². The number of carbonyl (C=O) groups is 2. The summed E-state index contributed by atoms with van der Waals surface area (Å²) in [5.74, 6) is 1.50. The largest absolute Gasteiger partial charge is 0.444 e. The highest BCUT2D eigenvalue weighted by molar-refractivity contribution is 5.90. The quantitative estimate of drug-likeness (QED) is 0.188. The zero-order chi connectivity index (χ0) is 33.8. The lowest BCUT2D eigenvalue weighted by atomic mass is 10.1. The molecule has 0 unspecified atom stereocenters. The SMILES string of the molecule is CC(C)(C)OC(=O)N1CCC[C@@H]1c1ncc(-c2ccc3nc4cc(-c5cnc([C@@H]6CCCN6C(=O)OC(C)(C)C)[nH]5)ccc4nc3c2)[nH]1. The van der Waals surface area contributed by atoms with Crippen molar-refractivity contribution in [3.8, 4) is 22.5 Å². The molecular weight excluding hydrogens is 608 g/mol. The van der Waals surface area contributed by atoms with E-state index in [0.717, 1.165) is 81.9 Å². The molecule has 250 valence electrons. The summed E-state index contributed by atoms with van der Waals surface area (Å²) in [4.78, 5) is 55.2. The summed E-state index contributed by atoms with van der Waals surface area (Å²) in [6.45, 7) is 12.5. The number of hydrogen-bond acceptors (Lipinski definition) is 8. The Hall–Kier alpha value is -5.00. The van der Waals surface area contributed by atoms with Gasteiger partial charge < -0.3 is 19.4 Å². The molecule has 12 heteroatoms. The summed E-state index contributed by atoms with van der Waals surface area (Å²) in [5.41, 5.74) is 5.56. The number of nitrogens with zero attached hydrogens (tertiary/aromatic N) is 6. The molecule has 0 radical (unpaired) electrons. The Morgan fingerprint density at radius 1 is 0.667 bits per heavy atom. The van der Waals surface area contributed by atoms with Crippen molar-refractivity contribution in [2.24, 2.45) is 0 Å². The standard InChI is InChI=1S/C36H42N8O4/c1-35(2,3)47-33(45)43-15-7-9-29(43)31-37-19-27(41-31)21-11-13-23-25(17-21)39-24-14-12-22(18-26(24)40-23)28-20-38-32(42-28)30-10-8-16-44(30)34(46)48-36(4,5)6/h11-14,17-20,29-30H,7-10,15-16H2,1-6H3,(H,37,41)(H,38,42)/t29-,30+. The van der Waals surface area contributed by atoms with Crippen LogP contribution in [0.4, 0.5) is 9.59 Å². The number of benzene rings is 2. The molecule has 12 nitrogen and oxygen atoms in total. The van der Waals surface area contributed by atoms with Crippen molar-refractivity contribution in [1.29, 1.82) is 0 Å². The van der Waals surface area contributed by atoms with Gasteiger partial charge >= 0.3 is 12.2 Å². The molecule has 0 aliphatic carbocycles. The van der Waals surface area contributed by atoms with Crippen LogP contribution in [0.25, 0.3) is 44.6 Å². The molecule has 2 saturated heterocycles. The van der Waals surface area contributed by atoms with Crippen LogP contribution in [0.2, 0.25) is 0 Å². The molecule has 3 aromatic heterocycles. The number of H-pyrrole nitrogens is 2. The van der Waals surface area contributed by atoms with E-state index >= 15 is 0 Å². The summed E-state index contributed by atoms with van der Waals surface area (Å²) < 4.78 is 11.3. The van der Waals surface area contributed by atoms with E-state index in [2.05, 4.69) is 19.9 Å². The van der Waals surface area contributed by atoms with Gasteiger partial charge in [-0.2, -0.15) is 0 Å². The van der Waals surface area contributed by atoms with Gasteiger partial charge in [-0.25, -0.2) is 29.5 Å². The highest BCUT2D eigenvalue weighted by Gasteiger charge is 2.36. The maximum atomic E-state index is 12.8. The number of nitrogens with one attached hydrogen (secondary N) is 2. The normalized spacial score (nSPS) is 18.6. The van der Waals surface area contributed by atoms with E-state index in [9.17, 15) is 9.59 Å². The Labute approximate surface area is 279 Å². The van der Waals surface area contributed by atoms with Crippen LogP contribution in [-0.2, 0) is 9.47 Å². The van der Waals surface area contributed by atoms with Gasteiger partial charge in [-0.15, -0.1) is 0 Å². The second-order valence-corrected chi connectivity index (χ2v) is 14.7. The molecule has 2 aromatic carbocycles. The molecule has 2 amide bonds. The summed E-state index contributed by atoms with van der Waals surface area (Å²) in [6, 6.07) is 11.6. The lowest BCUT2D eigenvalue weighted by Gasteiger charge is -2.27. The van der Waals surface area contributed by atoms with Gasteiger partial charge in [0.2, 0.25) is 0 Å². The number of fused-ring (bicyclic) bond motifs is 2. The molecule has 0 spiro atoms. The second-order valence-electron chi connectivity index (χ2n) is 14.7. The van der Waals surface area contributed by atoms with Gasteiger partial charge in [-0.3, -0.25) is 9.80 Å². The molecule has 2 aliphatic heterocycles. The Kier molecular flexibility index (Phi) is 7.84. The molecule has 5 heterocycles. The number of hydrogen-bond donors (Lipinski definition) is 2. The van der Waals surface area contributed by atoms with E-state index in [4.69, 9.17) is 19.4 Å². The fourth-order valence-corrected chi connectivity index (χ4v) is 6.50. The highest BCUT2D eigenvalue weighted by atomic mass is 16.6. The van der Waals surface area contributed by atoms with Crippen LogP contribution in [-0.4, -0.2) is 76.2 Å². The predicted molar refractivity (Wildman–Crippen MR) is 182 cm³/mol. The average Bonchev–Trinajstić information content (AvgIpc) is 3.83. The molecule has 2 N–H and O–H groups in total. The Morgan fingerprint density at radius 2 is 1.08 bits per heavy atom. The van der Waals surface area contributed by atoms with Crippen molar-refractivity contribution < 1.29 is 19.1 Å². The zero-order valence-electron chi connectivity index (χ0n) is 28.3. The van der Waals surface area contributed by atoms with Crippen LogP contribution in [0, 0.1) is 0 Å². The summed E-state index contributed by atoms with van der Waals surface area (Å²) >= 11 is 0. The minimum atomic E-state index is -0.554. The van der Waals surface area contributed by atoms with E-state index in [1.54, 1.807) is 22.2 Å². The third-order valence-corrected chi connectivity index (χ3v) is 8.64. The van der Waals surface area contributed by atoms with E-state index in [1.165, 1.54) is 0 Å². The van der Waals surface area contributed by atoms with Gasteiger partial charge in [-0.1, -0.05) is 12.1 Å². The fraction of sp³-hybridized carbons (Fsp3) is 0.444. The summed E-state index contributed by atoms with van der Waals surface area (Å²) in [7, 11) is 0. The first kappa shape index (κ1) is 31.6. The molecule has 2 aliphatic rings. The number of imidazole rings is 2. The fourth-order valence-electron chi connectivity index (χ4n) is 6.50. The maximum Gasteiger partial charge on any atom is 0.410 e. The third kappa shape index (κ3) is 6.43. The topological polar surface area (TPSA) is 142 Å². The van der Waals surface area contributed by atoms with Crippen LogP contribution < -0.4 is 0 Å². The monoisotopic (exact) mass is 650 g/mol. The van der Waals surface area contributed by atoms with Crippen molar-refractivity contribution in [1.82, 2.24) is 39.7 Å². The number of amides is 2. The molecule has 0 saturated carbocycles. The molecule has 7 rings (SSSR count). The highest BCUT2D eigenvalue weighted by Crippen LogP contribution is 2.35. The van der Waals surface area contributed by atoms with Gasteiger partial charge in [-0.05, 0) is 91.5 Å². The van der Waals surface area contributed by atoms with Crippen molar-refractivity contribution >= 4 is 34.3 Å². The van der Waals surface area contributed by atoms with Crippen LogP contribution in [0.15, 0.2) is 48.8 Å². The zero-order valence-corrected chi connectivity index (χ0v) is 28.3. The minimum absolute atomic E-state index is 0.153. The van der Waals surface area contributed by atoms with Crippen LogP contribution in [0.1, 0.15) is 91.0 Å². The maximum absolute atomic E-state index is 12.8.